The smallest absolute Gasteiger partial charge is 0.0541 e. The molecule has 2 nitrogen and oxygen atoms in total. The molecule has 0 amide bonds. The fraction of sp³-hybridized carbons (Fsp3) is 0. The van der Waals surface area contributed by atoms with Crippen molar-refractivity contribution in [3.8, 4) is 39.1 Å². The molecule has 0 bridgehead atoms. The number of fused-ring (bicyclic) bond motifs is 6. The van der Waals surface area contributed by atoms with Crippen LogP contribution < -0.4 is 4.90 Å². The van der Waals surface area contributed by atoms with Crippen LogP contribution in [-0.4, -0.2) is 4.57 Å². The quantitative estimate of drug-likeness (QED) is 0.158. The summed E-state index contributed by atoms with van der Waals surface area (Å²) in [6.07, 6.45) is 0. The molecular formula is C54H36N2S. The number of nitrogens with zero attached hydrogens (tertiary/aromatic N) is 2. The van der Waals surface area contributed by atoms with Gasteiger partial charge in [0, 0.05) is 59.3 Å². The number of hydrogen-bond donors (Lipinski definition) is 0. The highest BCUT2D eigenvalue weighted by molar-refractivity contribution is 7.26. The number of para-hydroxylation sites is 2. The Kier molecular flexibility index (Phi) is 8.04. The molecule has 0 saturated heterocycles. The fourth-order valence-electron chi connectivity index (χ4n) is 8.50. The third-order valence-electron chi connectivity index (χ3n) is 11.2. The van der Waals surface area contributed by atoms with Crippen molar-refractivity contribution in [1.82, 2.24) is 4.57 Å². The minimum atomic E-state index is 1.10. The molecule has 0 radical (unpaired) electrons. The van der Waals surface area contributed by atoms with Crippen LogP contribution in [0.3, 0.4) is 0 Å². The van der Waals surface area contributed by atoms with Crippen molar-refractivity contribution in [2.75, 3.05) is 4.90 Å². The largest absolute Gasteiger partial charge is 0.310 e. The van der Waals surface area contributed by atoms with Crippen molar-refractivity contribution in [2.24, 2.45) is 0 Å². The number of rotatable bonds is 7. The molecule has 0 saturated carbocycles. The zero-order valence-corrected chi connectivity index (χ0v) is 31.9. The third kappa shape index (κ3) is 5.80. The number of anilines is 3. The van der Waals surface area contributed by atoms with Crippen molar-refractivity contribution in [2.45, 2.75) is 0 Å². The van der Waals surface area contributed by atoms with E-state index in [1.807, 2.05) is 11.3 Å². The zero-order valence-electron chi connectivity index (χ0n) is 31.1. The van der Waals surface area contributed by atoms with Crippen molar-refractivity contribution in [1.29, 1.82) is 0 Å². The summed E-state index contributed by atoms with van der Waals surface area (Å²) in [4.78, 5) is 2.38. The normalized spacial score (nSPS) is 11.5. The molecule has 9 aromatic carbocycles. The first kappa shape index (κ1) is 33.2. The Hall–Kier alpha value is -7.20. The van der Waals surface area contributed by atoms with Crippen molar-refractivity contribution in [3.05, 3.63) is 218 Å². The van der Waals surface area contributed by atoms with Gasteiger partial charge in [-0.25, -0.2) is 0 Å². The van der Waals surface area contributed by atoms with Crippen molar-refractivity contribution >= 4 is 70.4 Å². The lowest BCUT2D eigenvalue weighted by Crippen LogP contribution is -2.10. The van der Waals surface area contributed by atoms with E-state index < -0.39 is 0 Å². The highest BCUT2D eigenvalue weighted by Crippen LogP contribution is 2.45. The first-order chi connectivity index (χ1) is 28.3. The van der Waals surface area contributed by atoms with Crippen molar-refractivity contribution in [3.63, 3.8) is 0 Å². The van der Waals surface area contributed by atoms with Crippen LogP contribution in [0.25, 0.3) is 81.0 Å². The van der Waals surface area contributed by atoms with Gasteiger partial charge < -0.3 is 9.47 Å². The Bertz CT molecular complexity index is 3090. The molecule has 11 aromatic rings. The SMILES string of the molecule is c1ccc(-c2cccc(N(c3ccc(-c4cc(-n5c6ccccc6c6ccccc65)cc5c4sc4ccccc45)cc3)c3cccc(-c4ccccc4)c3)c2)cc1. The Morgan fingerprint density at radius 2 is 0.842 bits per heavy atom. The lowest BCUT2D eigenvalue weighted by Gasteiger charge is -2.27. The van der Waals surface area contributed by atoms with Crippen LogP contribution in [0.2, 0.25) is 0 Å². The molecule has 3 heteroatoms. The van der Waals surface area contributed by atoms with Crippen LogP contribution in [0, 0.1) is 0 Å². The van der Waals surface area contributed by atoms with Crippen LogP contribution >= 0.6 is 11.3 Å². The Balaban J connectivity index is 1.09. The Labute approximate surface area is 335 Å². The van der Waals surface area contributed by atoms with Gasteiger partial charge in [-0.1, -0.05) is 152 Å². The summed E-state index contributed by atoms with van der Waals surface area (Å²) < 4.78 is 5.04. The van der Waals surface area contributed by atoms with Gasteiger partial charge in [0.1, 0.15) is 0 Å². The van der Waals surface area contributed by atoms with Crippen molar-refractivity contribution < 1.29 is 0 Å². The molecule has 0 aliphatic heterocycles. The van der Waals surface area contributed by atoms with Gasteiger partial charge >= 0.3 is 0 Å². The molecule has 11 rings (SSSR count). The van der Waals surface area contributed by atoms with Gasteiger partial charge in [0.15, 0.2) is 0 Å². The summed E-state index contributed by atoms with van der Waals surface area (Å²) in [5, 5.41) is 5.11. The molecule has 268 valence electrons. The maximum Gasteiger partial charge on any atom is 0.0541 e. The first-order valence-corrected chi connectivity index (χ1v) is 20.2. The number of hydrogen-bond acceptors (Lipinski definition) is 2. The molecule has 57 heavy (non-hydrogen) atoms. The Morgan fingerprint density at radius 3 is 1.44 bits per heavy atom. The predicted molar refractivity (Wildman–Crippen MR) is 245 cm³/mol. The van der Waals surface area contributed by atoms with Crippen LogP contribution in [0.1, 0.15) is 0 Å². The lowest BCUT2D eigenvalue weighted by atomic mass is 10.00. The summed E-state index contributed by atoms with van der Waals surface area (Å²) in [5.41, 5.74) is 14.1. The molecule has 0 N–H and O–H groups in total. The van der Waals surface area contributed by atoms with Gasteiger partial charge in [0.2, 0.25) is 0 Å². The topological polar surface area (TPSA) is 8.17 Å². The van der Waals surface area contributed by atoms with Crippen LogP contribution in [-0.2, 0) is 0 Å². The van der Waals surface area contributed by atoms with E-state index in [4.69, 9.17) is 0 Å². The van der Waals surface area contributed by atoms with E-state index in [0.717, 1.165) is 17.1 Å². The van der Waals surface area contributed by atoms with Gasteiger partial charge in [-0.05, 0) is 94.5 Å². The molecule has 0 aliphatic carbocycles. The molecule has 0 atom stereocenters. The second-order valence-corrected chi connectivity index (χ2v) is 15.6. The molecule has 0 fully saturated rings. The van der Waals surface area contributed by atoms with E-state index in [-0.39, 0.29) is 0 Å². The minimum absolute atomic E-state index is 1.10. The average molecular weight is 745 g/mol. The summed E-state index contributed by atoms with van der Waals surface area (Å²) in [6, 6.07) is 79.3. The van der Waals surface area contributed by atoms with E-state index in [9.17, 15) is 0 Å². The second kappa shape index (κ2) is 13.8. The number of benzene rings is 9. The maximum atomic E-state index is 2.44. The molecule has 2 aromatic heterocycles. The first-order valence-electron chi connectivity index (χ1n) is 19.4. The molecule has 0 spiro atoms. The maximum absolute atomic E-state index is 2.44. The van der Waals surface area contributed by atoms with Gasteiger partial charge in [0.25, 0.3) is 0 Å². The highest BCUT2D eigenvalue weighted by Gasteiger charge is 2.19. The molecule has 0 unspecified atom stereocenters. The second-order valence-electron chi connectivity index (χ2n) is 14.6. The molecule has 2 heterocycles. The van der Waals surface area contributed by atoms with Gasteiger partial charge in [-0.15, -0.1) is 11.3 Å². The summed E-state index contributed by atoms with van der Waals surface area (Å²) in [5.74, 6) is 0. The predicted octanol–water partition coefficient (Wildman–Crippen LogP) is 15.6. The molecular weight excluding hydrogens is 709 g/mol. The van der Waals surface area contributed by atoms with Gasteiger partial charge in [-0.2, -0.15) is 0 Å². The van der Waals surface area contributed by atoms with Crippen LogP contribution in [0.15, 0.2) is 218 Å². The standard InChI is InChI=1S/C54H36N2S/c1-3-15-37(16-4-1)40-19-13-21-43(33-40)55(44-22-14-20-41(34-44)38-17-5-2-6-18-38)42-31-29-39(30-32-42)49-35-45(36-50-48-25-9-12-28-53(48)57-54(49)50)56-51-26-10-7-23-46(51)47-24-8-11-27-52(47)56/h1-36H. The monoisotopic (exact) mass is 744 g/mol. The van der Waals surface area contributed by atoms with Gasteiger partial charge in [0.05, 0.1) is 11.0 Å². The Morgan fingerprint density at radius 1 is 0.333 bits per heavy atom. The van der Waals surface area contributed by atoms with Crippen LogP contribution in [0.5, 0.6) is 0 Å². The summed E-state index contributed by atoms with van der Waals surface area (Å²) >= 11 is 1.88. The molecule has 0 aliphatic rings. The highest BCUT2D eigenvalue weighted by atomic mass is 32.1. The lowest BCUT2D eigenvalue weighted by molar-refractivity contribution is 1.19. The summed E-state index contributed by atoms with van der Waals surface area (Å²) in [6.45, 7) is 0. The fourth-order valence-corrected chi connectivity index (χ4v) is 9.72. The number of aromatic nitrogens is 1. The third-order valence-corrected chi connectivity index (χ3v) is 12.4. The van der Waals surface area contributed by atoms with E-state index in [1.54, 1.807) is 0 Å². The van der Waals surface area contributed by atoms with E-state index >= 15 is 0 Å². The zero-order chi connectivity index (χ0) is 37.7. The van der Waals surface area contributed by atoms with E-state index in [2.05, 4.69) is 228 Å². The minimum Gasteiger partial charge on any atom is -0.310 e. The van der Waals surface area contributed by atoms with Gasteiger partial charge in [-0.3, -0.25) is 0 Å². The average Bonchev–Trinajstić information content (AvgIpc) is 3.83. The summed E-state index contributed by atoms with van der Waals surface area (Å²) in [7, 11) is 0. The van der Waals surface area contributed by atoms with E-state index in [0.29, 0.717) is 0 Å². The van der Waals surface area contributed by atoms with Crippen LogP contribution in [0.4, 0.5) is 17.1 Å². The number of thiophene rings is 1. The van der Waals surface area contributed by atoms with E-state index in [1.165, 1.54) is 81.0 Å².